The average molecular weight is 301 g/mol. The van der Waals surface area contributed by atoms with Crippen LogP contribution in [0.3, 0.4) is 0 Å². The number of benzene rings is 1. The number of nitrogens with zero attached hydrogens (tertiary/aromatic N) is 2. The molecule has 3 heterocycles. The summed E-state index contributed by atoms with van der Waals surface area (Å²) in [5.41, 5.74) is 5.08. The fourth-order valence-electron chi connectivity index (χ4n) is 2.56. The van der Waals surface area contributed by atoms with Crippen LogP contribution in [0.25, 0.3) is 35.2 Å². The molecule has 5 heteroatoms. The Morgan fingerprint density at radius 1 is 0.783 bits per heavy atom. The third-order valence-electron chi connectivity index (χ3n) is 3.66. The van der Waals surface area contributed by atoms with E-state index in [0.29, 0.717) is 0 Å². The van der Waals surface area contributed by atoms with E-state index in [-0.39, 0.29) is 0 Å². The van der Waals surface area contributed by atoms with Crippen molar-refractivity contribution in [2.45, 2.75) is 0 Å². The molecular weight excluding hydrogens is 286 g/mol. The van der Waals surface area contributed by atoms with Crippen molar-refractivity contribution in [2.24, 2.45) is 0 Å². The summed E-state index contributed by atoms with van der Waals surface area (Å²) >= 11 is 0. The largest absolute Gasteiger partial charge is 0.355 e. The number of hydrogen-bond acceptors (Lipinski definition) is 2. The Morgan fingerprint density at radius 2 is 1.48 bits per heavy atom. The van der Waals surface area contributed by atoms with E-state index in [4.69, 9.17) is 0 Å². The van der Waals surface area contributed by atoms with Gasteiger partial charge in [-0.15, -0.1) is 0 Å². The SMILES string of the molecule is C(=C\c1[nH]c2ccccc2c1/C=C/c1c[nH]cn1)/c1c[nH]cn1. The van der Waals surface area contributed by atoms with E-state index >= 15 is 0 Å². The maximum atomic E-state index is 4.23. The number of H-pyrrole nitrogens is 3. The lowest BCUT2D eigenvalue weighted by Crippen LogP contribution is -1.77. The van der Waals surface area contributed by atoms with E-state index in [1.807, 2.05) is 42.8 Å². The highest BCUT2D eigenvalue weighted by Crippen LogP contribution is 2.25. The predicted molar refractivity (Wildman–Crippen MR) is 93.3 cm³/mol. The molecule has 0 radical (unpaired) electrons. The highest BCUT2D eigenvalue weighted by molar-refractivity contribution is 5.96. The average Bonchev–Trinajstić information content (AvgIpc) is 3.31. The monoisotopic (exact) mass is 301 g/mol. The highest BCUT2D eigenvalue weighted by Gasteiger charge is 2.06. The lowest BCUT2D eigenvalue weighted by molar-refractivity contribution is 1.31. The second-order valence-electron chi connectivity index (χ2n) is 5.15. The van der Waals surface area contributed by atoms with Crippen molar-refractivity contribution < 1.29 is 0 Å². The summed E-state index contributed by atoms with van der Waals surface area (Å²) in [5.74, 6) is 0. The maximum Gasteiger partial charge on any atom is 0.0927 e. The third kappa shape index (κ3) is 2.72. The van der Waals surface area contributed by atoms with E-state index in [1.54, 1.807) is 12.7 Å². The van der Waals surface area contributed by atoms with Gasteiger partial charge in [0, 0.05) is 34.6 Å². The minimum Gasteiger partial charge on any atom is -0.355 e. The lowest BCUT2D eigenvalue weighted by atomic mass is 10.1. The van der Waals surface area contributed by atoms with Gasteiger partial charge in [-0.05, 0) is 24.3 Å². The molecule has 0 aliphatic carbocycles. The second kappa shape index (κ2) is 5.81. The summed E-state index contributed by atoms with van der Waals surface area (Å²) in [4.78, 5) is 17.8. The summed E-state index contributed by atoms with van der Waals surface area (Å²) < 4.78 is 0. The number of aromatic nitrogens is 5. The van der Waals surface area contributed by atoms with Crippen molar-refractivity contribution in [1.82, 2.24) is 24.9 Å². The molecule has 0 aliphatic rings. The molecule has 0 saturated carbocycles. The summed E-state index contributed by atoms with van der Waals surface area (Å²) in [7, 11) is 0. The lowest BCUT2D eigenvalue weighted by Gasteiger charge is -1.94. The Bertz CT molecular complexity index is 956. The zero-order valence-corrected chi connectivity index (χ0v) is 12.3. The number of para-hydroxylation sites is 1. The first-order valence-corrected chi connectivity index (χ1v) is 7.34. The van der Waals surface area contributed by atoms with Gasteiger partial charge in [-0.1, -0.05) is 24.3 Å². The summed E-state index contributed by atoms with van der Waals surface area (Å²) in [6, 6.07) is 8.26. The van der Waals surface area contributed by atoms with Crippen molar-refractivity contribution in [3.8, 4) is 0 Å². The molecule has 0 saturated heterocycles. The summed E-state index contributed by atoms with van der Waals surface area (Å²) in [5, 5.41) is 1.18. The van der Waals surface area contributed by atoms with Gasteiger partial charge in [0.05, 0.1) is 24.0 Å². The van der Waals surface area contributed by atoms with E-state index in [9.17, 15) is 0 Å². The molecular formula is C18H15N5. The van der Waals surface area contributed by atoms with Crippen LogP contribution in [0.5, 0.6) is 0 Å². The van der Waals surface area contributed by atoms with Crippen LogP contribution in [0.1, 0.15) is 22.6 Å². The third-order valence-corrected chi connectivity index (χ3v) is 3.66. The molecule has 0 atom stereocenters. The Balaban J connectivity index is 1.78. The normalized spacial score (nSPS) is 12.0. The van der Waals surface area contributed by atoms with Crippen LogP contribution in [0.15, 0.2) is 49.3 Å². The first kappa shape index (κ1) is 13.3. The number of rotatable bonds is 4. The molecule has 0 aliphatic heterocycles. The molecule has 4 aromatic rings. The number of nitrogens with one attached hydrogen (secondary N) is 3. The van der Waals surface area contributed by atoms with Gasteiger partial charge in [0.2, 0.25) is 0 Å². The number of imidazole rings is 2. The Morgan fingerprint density at radius 3 is 2.17 bits per heavy atom. The Hall–Kier alpha value is -3.34. The molecule has 0 unspecified atom stereocenters. The van der Waals surface area contributed by atoms with Crippen molar-refractivity contribution in [2.75, 3.05) is 0 Å². The van der Waals surface area contributed by atoms with Crippen LogP contribution in [-0.2, 0) is 0 Å². The topological polar surface area (TPSA) is 73.2 Å². The molecule has 23 heavy (non-hydrogen) atoms. The number of fused-ring (bicyclic) bond motifs is 1. The minimum atomic E-state index is 0.894. The van der Waals surface area contributed by atoms with E-state index in [2.05, 4.69) is 43.1 Å². The van der Waals surface area contributed by atoms with Crippen molar-refractivity contribution in [3.63, 3.8) is 0 Å². The van der Waals surface area contributed by atoms with Crippen LogP contribution in [0.2, 0.25) is 0 Å². The minimum absolute atomic E-state index is 0.894. The van der Waals surface area contributed by atoms with E-state index in [1.165, 1.54) is 5.39 Å². The first-order valence-electron chi connectivity index (χ1n) is 7.34. The number of hydrogen-bond donors (Lipinski definition) is 3. The maximum absolute atomic E-state index is 4.23. The standard InChI is InChI=1S/C18H15N5/c1-2-4-17-15(3-1)16(7-5-13-9-19-11-21-13)18(23-17)8-6-14-10-20-12-22-14/h1-12,23H,(H,19,21)(H,20,22)/b7-5+,8-6+. The number of aromatic amines is 3. The predicted octanol–water partition coefficient (Wildman–Crippen LogP) is 3.95. The quantitative estimate of drug-likeness (QED) is 0.534. The van der Waals surface area contributed by atoms with Crippen LogP contribution >= 0.6 is 0 Å². The second-order valence-corrected chi connectivity index (χ2v) is 5.15. The molecule has 0 spiro atoms. The van der Waals surface area contributed by atoms with Gasteiger partial charge in [0.15, 0.2) is 0 Å². The zero-order valence-electron chi connectivity index (χ0n) is 12.3. The summed E-state index contributed by atoms with van der Waals surface area (Å²) in [6.07, 6.45) is 15.2. The molecule has 0 fully saturated rings. The van der Waals surface area contributed by atoms with Gasteiger partial charge in [-0.3, -0.25) is 0 Å². The molecule has 1 aromatic carbocycles. The Labute approximate surface area is 132 Å². The molecule has 112 valence electrons. The van der Waals surface area contributed by atoms with Gasteiger partial charge >= 0.3 is 0 Å². The van der Waals surface area contributed by atoms with Gasteiger partial charge in [0.1, 0.15) is 0 Å². The van der Waals surface area contributed by atoms with Crippen molar-refractivity contribution >= 4 is 35.2 Å². The fourth-order valence-corrected chi connectivity index (χ4v) is 2.56. The van der Waals surface area contributed by atoms with Crippen molar-refractivity contribution in [1.29, 1.82) is 0 Å². The zero-order chi connectivity index (χ0) is 15.5. The molecule has 0 bridgehead atoms. The first-order chi connectivity index (χ1) is 11.4. The summed E-state index contributed by atoms with van der Waals surface area (Å²) in [6.45, 7) is 0. The van der Waals surface area contributed by atoms with Crippen LogP contribution in [-0.4, -0.2) is 24.9 Å². The van der Waals surface area contributed by atoms with Crippen molar-refractivity contribution in [3.05, 3.63) is 72.0 Å². The van der Waals surface area contributed by atoms with Gasteiger partial charge in [-0.2, -0.15) is 0 Å². The smallest absolute Gasteiger partial charge is 0.0927 e. The van der Waals surface area contributed by atoms with Crippen LogP contribution < -0.4 is 0 Å². The highest BCUT2D eigenvalue weighted by atomic mass is 14.9. The van der Waals surface area contributed by atoms with E-state index in [0.717, 1.165) is 28.2 Å². The molecule has 3 N–H and O–H groups in total. The molecule has 4 rings (SSSR count). The van der Waals surface area contributed by atoms with Crippen LogP contribution in [0, 0.1) is 0 Å². The molecule has 0 amide bonds. The van der Waals surface area contributed by atoms with Gasteiger partial charge in [-0.25, -0.2) is 9.97 Å². The Kier molecular flexibility index (Phi) is 3.37. The van der Waals surface area contributed by atoms with E-state index < -0.39 is 0 Å². The molecule has 5 nitrogen and oxygen atoms in total. The van der Waals surface area contributed by atoms with Gasteiger partial charge < -0.3 is 15.0 Å². The van der Waals surface area contributed by atoms with Crippen LogP contribution in [0.4, 0.5) is 0 Å². The van der Waals surface area contributed by atoms with Gasteiger partial charge in [0.25, 0.3) is 0 Å². The fraction of sp³-hybridized carbons (Fsp3) is 0. The molecule has 3 aromatic heterocycles.